The van der Waals surface area contributed by atoms with Crippen LogP contribution in [0.4, 0.5) is 19.0 Å². The molecule has 2 aromatic rings. The minimum absolute atomic E-state index is 0.188. The number of alkyl halides is 2. The van der Waals surface area contributed by atoms with Gasteiger partial charge >= 0.3 is 0 Å². The molecule has 0 radical (unpaired) electrons. The number of nitrogens with one attached hydrogen (secondary N) is 1. The quantitative estimate of drug-likeness (QED) is 0.882. The third kappa shape index (κ3) is 2.70. The molecule has 0 unspecified atom stereocenters. The van der Waals surface area contributed by atoms with Crippen molar-refractivity contribution in [3.05, 3.63) is 35.6 Å². The molecule has 1 N–H and O–H groups in total. The number of anilines is 1. The van der Waals surface area contributed by atoms with Gasteiger partial charge in [0.2, 0.25) is 5.91 Å². The highest BCUT2D eigenvalue weighted by atomic mass is 19.3. The number of carbonyl (C=O) groups excluding carboxylic acids is 1. The number of hydrogen-bond donors (Lipinski definition) is 1. The normalized spacial score (nSPS) is 22.6. The van der Waals surface area contributed by atoms with E-state index in [4.69, 9.17) is 0 Å². The Bertz CT molecular complexity index is 869. The Kier molecular flexibility index (Phi) is 3.68. The molecule has 2 fully saturated rings. The molecule has 2 aliphatic carbocycles. The highest BCUT2D eigenvalue weighted by Gasteiger charge is 2.61. The van der Waals surface area contributed by atoms with Crippen LogP contribution in [0.15, 0.2) is 24.3 Å². The van der Waals surface area contributed by atoms with Crippen molar-refractivity contribution < 1.29 is 18.0 Å². The van der Waals surface area contributed by atoms with Gasteiger partial charge in [-0.2, -0.15) is 5.10 Å². The molecular formula is C19H20F3N3O. The maximum absolute atomic E-state index is 13.3. The van der Waals surface area contributed by atoms with Crippen molar-refractivity contribution in [3.8, 4) is 11.3 Å². The fourth-order valence-electron chi connectivity index (χ4n) is 3.78. The molecule has 1 amide bonds. The maximum atomic E-state index is 13.3. The molecule has 138 valence electrons. The second-order valence-electron chi connectivity index (χ2n) is 7.62. The van der Waals surface area contributed by atoms with Gasteiger partial charge in [-0.15, -0.1) is 0 Å². The first-order valence-corrected chi connectivity index (χ1v) is 8.73. The van der Waals surface area contributed by atoms with E-state index in [1.165, 1.54) is 12.1 Å². The molecule has 0 spiro atoms. The monoisotopic (exact) mass is 363 g/mol. The number of benzene rings is 1. The van der Waals surface area contributed by atoms with Gasteiger partial charge in [-0.05, 0) is 42.5 Å². The first-order valence-electron chi connectivity index (χ1n) is 8.73. The van der Waals surface area contributed by atoms with Crippen molar-refractivity contribution in [2.45, 2.75) is 43.9 Å². The Morgan fingerprint density at radius 1 is 1.27 bits per heavy atom. The second-order valence-corrected chi connectivity index (χ2v) is 7.62. The summed E-state index contributed by atoms with van der Waals surface area (Å²) in [6.45, 7) is 2.09. The Balaban J connectivity index is 1.76. The summed E-state index contributed by atoms with van der Waals surface area (Å²) in [6, 6.07) is 6.08. The lowest BCUT2D eigenvalue weighted by atomic mass is 9.65. The molecule has 4 rings (SSSR count). The number of halogens is 3. The zero-order chi connectivity index (χ0) is 18.7. The summed E-state index contributed by atoms with van der Waals surface area (Å²) in [5, 5.41) is 7.02. The highest BCUT2D eigenvalue weighted by molar-refractivity contribution is 5.96. The van der Waals surface area contributed by atoms with Crippen LogP contribution in [0.1, 0.15) is 38.2 Å². The van der Waals surface area contributed by atoms with Crippen LogP contribution in [0.2, 0.25) is 0 Å². The van der Waals surface area contributed by atoms with Crippen LogP contribution < -0.4 is 5.32 Å². The van der Waals surface area contributed by atoms with Crippen LogP contribution >= 0.6 is 0 Å². The lowest BCUT2D eigenvalue weighted by molar-refractivity contribution is -0.119. The van der Waals surface area contributed by atoms with E-state index in [0.717, 1.165) is 36.1 Å². The van der Waals surface area contributed by atoms with E-state index < -0.39 is 24.2 Å². The molecule has 0 bridgehead atoms. The number of rotatable bonds is 4. The fraction of sp³-hybridized carbons (Fsp3) is 0.474. The average Bonchev–Trinajstić information content (AvgIpc) is 3.07. The van der Waals surface area contributed by atoms with Crippen molar-refractivity contribution in [1.29, 1.82) is 0 Å². The van der Waals surface area contributed by atoms with Crippen LogP contribution in [0.5, 0.6) is 0 Å². The number of aryl methyl sites for hydroxylation is 1. The van der Waals surface area contributed by atoms with Gasteiger partial charge in [0.25, 0.3) is 5.92 Å². The molecule has 1 aromatic heterocycles. The van der Waals surface area contributed by atoms with Gasteiger partial charge in [0.1, 0.15) is 11.7 Å². The van der Waals surface area contributed by atoms with E-state index >= 15 is 0 Å². The summed E-state index contributed by atoms with van der Waals surface area (Å²) in [4.78, 5) is 12.2. The first kappa shape index (κ1) is 17.1. The number of carbonyl (C=O) groups is 1. The van der Waals surface area contributed by atoms with Crippen molar-refractivity contribution in [2.75, 3.05) is 5.32 Å². The van der Waals surface area contributed by atoms with Crippen LogP contribution in [0.3, 0.4) is 0 Å². The van der Waals surface area contributed by atoms with E-state index in [1.807, 2.05) is 0 Å². The van der Waals surface area contributed by atoms with Gasteiger partial charge < -0.3 is 5.32 Å². The molecule has 2 aliphatic rings. The van der Waals surface area contributed by atoms with E-state index in [0.29, 0.717) is 5.82 Å². The van der Waals surface area contributed by atoms with Gasteiger partial charge in [-0.3, -0.25) is 9.48 Å². The lowest BCUT2D eigenvalue weighted by Gasteiger charge is -2.39. The molecule has 4 nitrogen and oxygen atoms in total. The Morgan fingerprint density at radius 3 is 2.38 bits per heavy atom. The molecule has 0 saturated heterocycles. The molecule has 7 heteroatoms. The minimum atomic E-state index is -2.92. The lowest BCUT2D eigenvalue weighted by Crippen LogP contribution is -2.32. The van der Waals surface area contributed by atoms with Crippen LogP contribution in [-0.4, -0.2) is 21.6 Å². The predicted octanol–water partition coefficient (Wildman–Crippen LogP) is 4.26. The number of aromatic nitrogens is 2. The van der Waals surface area contributed by atoms with Gasteiger partial charge in [-0.1, -0.05) is 13.3 Å². The summed E-state index contributed by atoms with van der Waals surface area (Å²) < 4.78 is 41.4. The number of hydrogen-bond acceptors (Lipinski definition) is 2. The number of amides is 1. The van der Waals surface area contributed by atoms with Gasteiger partial charge in [0, 0.05) is 24.6 Å². The summed E-state index contributed by atoms with van der Waals surface area (Å²) in [5.74, 6) is -4.89. The second kappa shape index (κ2) is 5.59. The zero-order valence-electron chi connectivity index (χ0n) is 14.7. The average molecular weight is 363 g/mol. The molecule has 0 aliphatic heterocycles. The zero-order valence-corrected chi connectivity index (χ0v) is 14.7. The predicted molar refractivity (Wildman–Crippen MR) is 91.5 cm³/mol. The SMILES string of the molecule is Cn1nc(NC(=O)[C@@H]2CC2(F)F)c(C2(C)CCC2)c1-c1ccc(F)cc1. The van der Waals surface area contributed by atoms with Crippen LogP contribution in [0.25, 0.3) is 11.3 Å². The van der Waals surface area contributed by atoms with Gasteiger partial charge in [0.15, 0.2) is 5.82 Å². The molecular weight excluding hydrogens is 343 g/mol. The molecule has 2 saturated carbocycles. The number of nitrogens with zero attached hydrogens (tertiary/aromatic N) is 2. The summed E-state index contributed by atoms with van der Waals surface area (Å²) in [5.41, 5.74) is 2.22. The van der Waals surface area contributed by atoms with E-state index in [1.54, 1.807) is 23.9 Å². The van der Waals surface area contributed by atoms with Gasteiger partial charge in [0.05, 0.1) is 5.69 Å². The summed E-state index contributed by atoms with van der Waals surface area (Å²) >= 11 is 0. The van der Waals surface area contributed by atoms with Crippen molar-refractivity contribution in [3.63, 3.8) is 0 Å². The standard InChI is InChI=1S/C19H20F3N3O/c1-18(8-3-9-18)14-15(11-4-6-12(20)7-5-11)25(2)24-16(14)23-17(26)13-10-19(13,21)22/h4-7,13H,3,8-10H2,1-2H3,(H,23,24,26)/t13-/m0/s1. The maximum Gasteiger partial charge on any atom is 0.260 e. The Hall–Kier alpha value is -2.31. The first-order chi connectivity index (χ1) is 12.2. The topological polar surface area (TPSA) is 46.9 Å². The third-order valence-electron chi connectivity index (χ3n) is 5.61. The molecule has 1 aromatic carbocycles. The smallest absolute Gasteiger partial charge is 0.260 e. The molecule has 26 heavy (non-hydrogen) atoms. The Morgan fingerprint density at radius 2 is 1.88 bits per heavy atom. The van der Waals surface area contributed by atoms with Crippen molar-refractivity contribution in [2.24, 2.45) is 13.0 Å². The molecule has 1 atom stereocenters. The largest absolute Gasteiger partial charge is 0.309 e. The highest BCUT2D eigenvalue weighted by Crippen LogP contribution is 2.51. The van der Waals surface area contributed by atoms with E-state index in [-0.39, 0.29) is 11.2 Å². The molecule has 1 heterocycles. The summed E-state index contributed by atoms with van der Waals surface area (Å²) in [6.07, 6.45) is 2.50. The third-order valence-corrected chi connectivity index (χ3v) is 5.61. The van der Waals surface area contributed by atoms with Crippen LogP contribution in [0, 0.1) is 11.7 Å². The summed E-state index contributed by atoms with van der Waals surface area (Å²) in [7, 11) is 1.74. The Labute approximate surface area is 149 Å². The van der Waals surface area contributed by atoms with Crippen LogP contribution in [-0.2, 0) is 17.3 Å². The minimum Gasteiger partial charge on any atom is -0.309 e. The fourth-order valence-corrected chi connectivity index (χ4v) is 3.78. The van der Waals surface area contributed by atoms with E-state index in [2.05, 4.69) is 17.3 Å². The van der Waals surface area contributed by atoms with Crippen molar-refractivity contribution in [1.82, 2.24) is 9.78 Å². The van der Waals surface area contributed by atoms with Crippen molar-refractivity contribution >= 4 is 11.7 Å². The van der Waals surface area contributed by atoms with Gasteiger partial charge in [-0.25, -0.2) is 13.2 Å². The van der Waals surface area contributed by atoms with E-state index in [9.17, 15) is 18.0 Å².